The Kier molecular flexibility index (Phi) is 6.38. The van der Waals surface area contributed by atoms with Crippen LogP contribution in [-0.4, -0.2) is 43.4 Å². The Labute approximate surface area is 193 Å². The van der Waals surface area contributed by atoms with E-state index in [1.165, 1.54) is 36.7 Å². The van der Waals surface area contributed by atoms with Gasteiger partial charge in [-0.05, 0) is 38.1 Å². The summed E-state index contributed by atoms with van der Waals surface area (Å²) in [6.07, 6.45) is -2.19. The average molecular weight is 498 g/mol. The molecule has 13 heteroatoms. The number of pyridine rings is 1. The molecule has 0 saturated carbocycles. The quantitative estimate of drug-likeness (QED) is 0.504. The van der Waals surface area contributed by atoms with Crippen molar-refractivity contribution in [2.24, 2.45) is 0 Å². The SMILES string of the molecule is CC1(C)OC[C@@H](CNS(=O)(=O)c2ccc(Nc3ncc(-c4ccc(C(F)(F)F)cc4)o3)cn2)O1. The summed E-state index contributed by atoms with van der Waals surface area (Å²) in [5.41, 5.74) is 0.0472. The van der Waals surface area contributed by atoms with E-state index in [1.807, 2.05) is 0 Å². The van der Waals surface area contributed by atoms with Gasteiger partial charge in [-0.15, -0.1) is 0 Å². The topological polar surface area (TPSA) is 116 Å². The van der Waals surface area contributed by atoms with Crippen LogP contribution in [0, 0.1) is 0 Å². The fraction of sp³-hybridized carbons (Fsp3) is 0.333. The summed E-state index contributed by atoms with van der Waals surface area (Å²) in [7, 11) is -3.86. The average Bonchev–Trinajstić information content (AvgIpc) is 3.38. The lowest BCUT2D eigenvalue weighted by Gasteiger charge is -2.17. The highest BCUT2D eigenvalue weighted by molar-refractivity contribution is 7.89. The van der Waals surface area contributed by atoms with Crippen LogP contribution in [0.2, 0.25) is 0 Å². The minimum atomic E-state index is -4.43. The second-order valence-electron chi connectivity index (χ2n) is 7.92. The maximum absolute atomic E-state index is 12.7. The molecule has 0 amide bonds. The number of nitrogens with one attached hydrogen (secondary N) is 2. The molecule has 0 radical (unpaired) electrons. The number of nitrogens with zero attached hydrogens (tertiary/aromatic N) is 2. The van der Waals surface area contributed by atoms with Gasteiger partial charge in [0, 0.05) is 12.1 Å². The molecule has 9 nitrogen and oxygen atoms in total. The van der Waals surface area contributed by atoms with Crippen molar-refractivity contribution in [3.05, 3.63) is 54.4 Å². The van der Waals surface area contributed by atoms with E-state index in [1.54, 1.807) is 13.8 Å². The number of aromatic nitrogens is 2. The van der Waals surface area contributed by atoms with Crippen molar-refractivity contribution in [2.75, 3.05) is 18.5 Å². The number of sulfonamides is 1. The highest BCUT2D eigenvalue weighted by Gasteiger charge is 2.33. The molecule has 4 rings (SSSR count). The first-order valence-corrected chi connectivity index (χ1v) is 11.6. The number of benzene rings is 1. The third kappa shape index (κ3) is 5.73. The number of hydrogen-bond donors (Lipinski definition) is 2. The lowest BCUT2D eigenvalue weighted by Crippen LogP contribution is -2.34. The highest BCUT2D eigenvalue weighted by Crippen LogP contribution is 2.31. The van der Waals surface area contributed by atoms with Crippen molar-refractivity contribution < 1.29 is 35.5 Å². The number of halogens is 3. The van der Waals surface area contributed by atoms with Gasteiger partial charge in [-0.3, -0.25) is 0 Å². The van der Waals surface area contributed by atoms with Crippen LogP contribution in [0.4, 0.5) is 24.9 Å². The van der Waals surface area contributed by atoms with Crippen molar-refractivity contribution in [3.8, 4) is 11.3 Å². The van der Waals surface area contributed by atoms with E-state index in [0.29, 0.717) is 11.3 Å². The normalized spacial score (nSPS) is 18.2. The van der Waals surface area contributed by atoms with Gasteiger partial charge < -0.3 is 19.2 Å². The molecule has 34 heavy (non-hydrogen) atoms. The zero-order chi connectivity index (χ0) is 24.6. The Morgan fingerprint density at radius 1 is 1.09 bits per heavy atom. The summed E-state index contributed by atoms with van der Waals surface area (Å²) in [5, 5.41) is 2.64. The van der Waals surface area contributed by atoms with Crippen molar-refractivity contribution in [2.45, 2.75) is 36.9 Å². The minimum absolute atomic E-state index is 0.0382. The third-order valence-corrected chi connectivity index (χ3v) is 6.17. The molecule has 0 aliphatic carbocycles. The molecule has 3 heterocycles. The second kappa shape index (κ2) is 8.98. The Balaban J connectivity index is 1.37. The molecule has 3 aromatic rings. The van der Waals surface area contributed by atoms with Gasteiger partial charge in [0.2, 0.25) is 0 Å². The van der Waals surface area contributed by atoms with E-state index in [2.05, 4.69) is 20.0 Å². The van der Waals surface area contributed by atoms with Gasteiger partial charge >= 0.3 is 6.18 Å². The maximum atomic E-state index is 12.7. The van der Waals surface area contributed by atoms with Crippen LogP contribution in [0.1, 0.15) is 19.4 Å². The molecule has 0 spiro atoms. The van der Waals surface area contributed by atoms with Crippen LogP contribution >= 0.6 is 0 Å². The van der Waals surface area contributed by atoms with Gasteiger partial charge in [0.05, 0.1) is 36.4 Å². The summed E-state index contributed by atoms with van der Waals surface area (Å²) in [6.45, 7) is 3.80. The summed E-state index contributed by atoms with van der Waals surface area (Å²) >= 11 is 0. The summed E-state index contributed by atoms with van der Waals surface area (Å²) in [5.74, 6) is -0.498. The first kappa shape index (κ1) is 24.1. The van der Waals surface area contributed by atoms with Crippen LogP contribution in [0.25, 0.3) is 11.3 Å². The molecule has 1 aliphatic rings. The number of oxazole rings is 1. The van der Waals surface area contributed by atoms with Crippen LogP contribution < -0.4 is 10.0 Å². The van der Waals surface area contributed by atoms with Crippen molar-refractivity contribution in [3.63, 3.8) is 0 Å². The predicted molar refractivity (Wildman–Crippen MR) is 115 cm³/mol. The van der Waals surface area contributed by atoms with E-state index in [4.69, 9.17) is 13.9 Å². The molecule has 1 atom stereocenters. The molecular weight excluding hydrogens is 477 g/mol. The largest absolute Gasteiger partial charge is 0.423 e. The molecule has 2 aromatic heterocycles. The second-order valence-corrected chi connectivity index (χ2v) is 9.63. The lowest BCUT2D eigenvalue weighted by molar-refractivity contribution is -0.138. The molecule has 0 unspecified atom stereocenters. The summed E-state index contributed by atoms with van der Waals surface area (Å²) < 4.78 is 82.0. The minimum Gasteiger partial charge on any atom is -0.423 e. The van der Waals surface area contributed by atoms with Crippen LogP contribution in [0.15, 0.2) is 58.2 Å². The third-order valence-electron chi connectivity index (χ3n) is 4.83. The molecular formula is C21H21F3N4O5S. The summed E-state index contributed by atoms with van der Waals surface area (Å²) in [4.78, 5) is 7.99. The monoisotopic (exact) mass is 498 g/mol. The van der Waals surface area contributed by atoms with Crippen molar-refractivity contribution in [1.82, 2.24) is 14.7 Å². The lowest BCUT2D eigenvalue weighted by atomic mass is 10.1. The first-order valence-electron chi connectivity index (χ1n) is 10.1. The first-order chi connectivity index (χ1) is 15.9. The number of anilines is 2. The van der Waals surface area contributed by atoms with Gasteiger partial charge in [-0.2, -0.15) is 13.2 Å². The fourth-order valence-electron chi connectivity index (χ4n) is 3.17. The zero-order valence-electron chi connectivity index (χ0n) is 18.1. The smallest absolute Gasteiger partial charge is 0.416 e. The molecule has 0 bridgehead atoms. The Hall–Kier alpha value is -3.00. The van der Waals surface area contributed by atoms with Crippen LogP contribution in [0.5, 0.6) is 0 Å². The molecule has 1 aliphatic heterocycles. The van der Waals surface area contributed by atoms with Gasteiger partial charge in [-0.1, -0.05) is 12.1 Å². The van der Waals surface area contributed by atoms with Gasteiger partial charge in [0.15, 0.2) is 16.6 Å². The Bertz CT molecular complexity index is 1240. The van der Waals surface area contributed by atoms with Crippen molar-refractivity contribution >= 4 is 21.7 Å². The fourth-order valence-corrected chi connectivity index (χ4v) is 4.16. The van der Waals surface area contributed by atoms with Gasteiger partial charge in [-0.25, -0.2) is 23.1 Å². The standard InChI is InChI=1S/C21H21F3N4O5S/c1-20(2)31-12-16(33-20)10-27-34(29,30)18-8-7-15(9-25-18)28-19-26-11-17(32-19)13-3-5-14(6-4-13)21(22,23)24/h3-9,11,16,27H,10,12H2,1-2H3,(H,26,28)/t16-/m1/s1. The van der Waals surface area contributed by atoms with Gasteiger partial charge in [0.1, 0.15) is 0 Å². The highest BCUT2D eigenvalue weighted by atomic mass is 32.2. The molecule has 182 valence electrons. The van der Waals surface area contributed by atoms with Crippen LogP contribution in [-0.2, 0) is 25.7 Å². The van der Waals surface area contributed by atoms with E-state index in [9.17, 15) is 21.6 Å². The van der Waals surface area contributed by atoms with E-state index >= 15 is 0 Å². The number of ether oxygens (including phenoxy) is 2. The number of rotatable bonds is 7. The molecule has 1 aromatic carbocycles. The number of alkyl halides is 3. The molecule has 1 fully saturated rings. The number of hydrogen-bond acceptors (Lipinski definition) is 8. The Morgan fingerprint density at radius 2 is 1.82 bits per heavy atom. The zero-order valence-corrected chi connectivity index (χ0v) is 18.9. The summed E-state index contributed by atoms with van der Waals surface area (Å²) in [6, 6.07) is 7.31. The predicted octanol–water partition coefficient (Wildman–Crippen LogP) is 3.93. The molecule has 2 N–H and O–H groups in total. The van der Waals surface area contributed by atoms with E-state index in [0.717, 1.165) is 12.1 Å². The van der Waals surface area contributed by atoms with Crippen molar-refractivity contribution in [1.29, 1.82) is 0 Å². The molecule has 1 saturated heterocycles. The maximum Gasteiger partial charge on any atom is 0.416 e. The van der Waals surface area contributed by atoms with E-state index in [-0.39, 0.29) is 30.0 Å². The van der Waals surface area contributed by atoms with Crippen LogP contribution in [0.3, 0.4) is 0 Å². The van der Waals surface area contributed by atoms with E-state index < -0.39 is 33.7 Å². The van der Waals surface area contributed by atoms with Gasteiger partial charge in [0.25, 0.3) is 16.0 Å². The Morgan fingerprint density at radius 3 is 2.41 bits per heavy atom.